The summed E-state index contributed by atoms with van der Waals surface area (Å²) in [5.41, 5.74) is 0. The van der Waals surface area contributed by atoms with E-state index in [-0.39, 0.29) is 29.1 Å². The number of rotatable bonds is 5. The van der Waals surface area contributed by atoms with E-state index in [4.69, 9.17) is 0 Å². The minimum Gasteiger partial charge on any atom is -0.343 e. The maximum atomic E-state index is 12.4. The first kappa shape index (κ1) is 14.7. The lowest BCUT2D eigenvalue weighted by molar-refractivity contribution is -0.145. The van der Waals surface area contributed by atoms with Gasteiger partial charge >= 0.3 is 0 Å². The van der Waals surface area contributed by atoms with Crippen molar-refractivity contribution in [2.45, 2.75) is 50.3 Å². The SMILES string of the molecule is CSC1(CN2CC(=O)NC(CC(C)C)C2=O)CCC1. The highest BCUT2D eigenvalue weighted by Gasteiger charge is 2.42. The highest BCUT2D eigenvalue weighted by atomic mass is 32.2. The molecule has 0 aromatic carbocycles. The molecule has 0 aromatic rings. The van der Waals surface area contributed by atoms with E-state index < -0.39 is 0 Å². The molecule has 1 aliphatic heterocycles. The van der Waals surface area contributed by atoms with Gasteiger partial charge in [0.15, 0.2) is 0 Å². The Morgan fingerprint density at radius 2 is 2.11 bits per heavy atom. The van der Waals surface area contributed by atoms with Crippen molar-refractivity contribution >= 4 is 23.6 Å². The van der Waals surface area contributed by atoms with E-state index in [2.05, 4.69) is 25.4 Å². The van der Waals surface area contributed by atoms with Crippen LogP contribution in [0.3, 0.4) is 0 Å². The molecule has 108 valence electrons. The van der Waals surface area contributed by atoms with Gasteiger partial charge in [-0.1, -0.05) is 20.3 Å². The Kier molecular flexibility index (Phi) is 4.43. The summed E-state index contributed by atoms with van der Waals surface area (Å²) in [4.78, 5) is 26.0. The van der Waals surface area contributed by atoms with Crippen molar-refractivity contribution < 1.29 is 9.59 Å². The highest BCUT2D eigenvalue weighted by molar-refractivity contribution is 8.00. The van der Waals surface area contributed by atoms with E-state index >= 15 is 0 Å². The fraction of sp³-hybridized carbons (Fsp3) is 0.857. The maximum Gasteiger partial charge on any atom is 0.245 e. The molecular formula is C14H24N2O2S. The Balaban J connectivity index is 2.02. The molecule has 2 amide bonds. The number of carbonyl (C=O) groups is 2. The van der Waals surface area contributed by atoms with Gasteiger partial charge in [-0.25, -0.2) is 0 Å². The number of nitrogens with one attached hydrogen (secondary N) is 1. The number of nitrogens with zero attached hydrogens (tertiary/aromatic N) is 1. The third-order valence-electron chi connectivity index (χ3n) is 4.16. The lowest BCUT2D eigenvalue weighted by Crippen LogP contribution is -2.61. The maximum absolute atomic E-state index is 12.4. The Morgan fingerprint density at radius 3 is 2.58 bits per heavy atom. The molecule has 0 aromatic heterocycles. The van der Waals surface area contributed by atoms with Gasteiger partial charge in [-0.15, -0.1) is 0 Å². The van der Waals surface area contributed by atoms with Crippen LogP contribution in [0.15, 0.2) is 0 Å². The molecule has 0 spiro atoms. The fourth-order valence-corrected chi connectivity index (χ4v) is 3.87. The third kappa shape index (κ3) is 3.25. The highest BCUT2D eigenvalue weighted by Crippen LogP contribution is 2.43. The second-order valence-electron chi connectivity index (χ2n) is 6.18. The Labute approximate surface area is 119 Å². The molecular weight excluding hydrogens is 260 g/mol. The van der Waals surface area contributed by atoms with Gasteiger partial charge in [0.1, 0.15) is 6.04 Å². The molecule has 2 fully saturated rings. The van der Waals surface area contributed by atoms with Crippen molar-refractivity contribution in [1.29, 1.82) is 0 Å². The second kappa shape index (κ2) is 5.73. The molecule has 1 atom stereocenters. The second-order valence-corrected chi connectivity index (χ2v) is 7.46. The lowest BCUT2D eigenvalue weighted by atomic mass is 9.83. The summed E-state index contributed by atoms with van der Waals surface area (Å²) in [7, 11) is 0. The van der Waals surface area contributed by atoms with E-state index in [0.717, 1.165) is 25.8 Å². The molecule has 1 saturated heterocycles. The number of amides is 2. The van der Waals surface area contributed by atoms with Crippen molar-refractivity contribution in [3.8, 4) is 0 Å². The van der Waals surface area contributed by atoms with Gasteiger partial charge in [-0.3, -0.25) is 9.59 Å². The molecule has 0 bridgehead atoms. The average Bonchev–Trinajstić information content (AvgIpc) is 2.28. The first-order chi connectivity index (χ1) is 8.96. The number of hydrogen-bond acceptors (Lipinski definition) is 3. The van der Waals surface area contributed by atoms with Crippen LogP contribution < -0.4 is 5.32 Å². The van der Waals surface area contributed by atoms with Crippen LogP contribution in [0.2, 0.25) is 0 Å². The van der Waals surface area contributed by atoms with Crippen molar-refractivity contribution in [1.82, 2.24) is 10.2 Å². The van der Waals surface area contributed by atoms with Crippen LogP contribution in [0.1, 0.15) is 39.5 Å². The first-order valence-electron chi connectivity index (χ1n) is 7.09. The molecule has 4 nitrogen and oxygen atoms in total. The number of piperazine rings is 1. The average molecular weight is 284 g/mol. The first-order valence-corrected chi connectivity index (χ1v) is 8.31. The molecule has 1 unspecified atom stereocenters. The van der Waals surface area contributed by atoms with Gasteiger partial charge in [0.05, 0.1) is 6.54 Å². The smallest absolute Gasteiger partial charge is 0.245 e. The summed E-state index contributed by atoms with van der Waals surface area (Å²) in [5, 5.41) is 2.83. The quantitative estimate of drug-likeness (QED) is 0.835. The molecule has 5 heteroatoms. The topological polar surface area (TPSA) is 49.4 Å². The van der Waals surface area contributed by atoms with Gasteiger partial charge in [0.2, 0.25) is 11.8 Å². The van der Waals surface area contributed by atoms with Gasteiger partial charge in [-0.05, 0) is 31.4 Å². The molecule has 1 saturated carbocycles. The van der Waals surface area contributed by atoms with Crippen LogP contribution in [0.5, 0.6) is 0 Å². The minimum absolute atomic E-state index is 0.0131. The van der Waals surface area contributed by atoms with Crippen LogP contribution in [0.25, 0.3) is 0 Å². The van der Waals surface area contributed by atoms with Crippen LogP contribution in [-0.2, 0) is 9.59 Å². The zero-order valence-corrected chi connectivity index (χ0v) is 12.9. The van der Waals surface area contributed by atoms with Crippen molar-refractivity contribution in [3.05, 3.63) is 0 Å². The summed E-state index contributed by atoms with van der Waals surface area (Å²) in [6.07, 6.45) is 6.40. The number of hydrogen-bond donors (Lipinski definition) is 1. The largest absolute Gasteiger partial charge is 0.343 e. The Hall–Kier alpha value is -0.710. The summed E-state index contributed by atoms with van der Waals surface area (Å²) < 4.78 is 0.204. The number of thioether (sulfide) groups is 1. The molecule has 1 aliphatic carbocycles. The zero-order valence-electron chi connectivity index (χ0n) is 12.1. The van der Waals surface area contributed by atoms with E-state index in [0.29, 0.717) is 5.92 Å². The fourth-order valence-electron chi connectivity index (χ4n) is 2.88. The Bertz CT molecular complexity index is 361. The van der Waals surface area contributed by atoms with Crippen molar-refractivity contribution in [2.75, 3.05) is 19.3 Å². The predicted octanol–water partition coefficient (Wildman–Crippen LogP) is 1.65. The zero-order chi connectivity index (χ0) is 14.0. The summed E-state index contributed by atoms with van der Waals surface area (Å²) in [6, 6.07) is -0.319. The normalized spacial score (nSPS) is 26.3. The predicted molar refractivity (Wildman–Crippen MR) is 78.1 cm³/mol. The molecule has 1 heterocycles. The summed E-state index contributed by atoms with van der Waals surface area (Å²) >= 11 is 1.85. The molecule has 1 N–H and O–H groups in total. The standard InChI is InChI=1S/C14H24N2O2S/c1-10(2)7-11-13(18)16(8-12(17)15-11)9-14(19-3)5-4-6-14/h10-11H,4-9H2,1-3H3,(H,15,17). The van der Waals surface area contributed by atoms with Crippen LogP contribution in [0.4, 0.5) is 0 Å². The van der Waals surface area contributed by atoms with Gasteiger partial charge in [0.25, 0.3) is 0 Å². The van der Waals surface area contributed by atoms with Crippen molar-refractivity contribution in [3.63, 3.8) is 0 Å². The molecule has 19 heavy (non-hydrogen) atoms. The van der Waals surface area contributed by atoms with Crippen LogP contribution in [0, 0.1) is 5.92 Å². The molecule has 0 radical (unpaired) electrons. The van der Waals surface area contributed by atoms with Crippen LogP contribution in [-0.4, -0.2) is 46.8 Å². The monoisotopic (exact) mass is 284 g/mol. The summed E-state index contributed by atoms with van der Waals surface area (Å²) in [6.45, 7) is 5.12. The van der Waals surface area contributed by atoms with Crippen molar-refractivity contribution in [2.24, 2.45) is 5.92 Å². The minimum atomic E-state index is -0.319. The van der Waals surface area contributed by atoms with Gasteiger partial charge in [0, 0.05) is 11.3 Å². The molecule has 2 aliphatic rings. The summed E-state index contributed by atoms with van der Waals surface area (Å²) in [5.74, 6) is 0.502. The van der Waals surface area contributed by atoms with E-state index in [1.165, 1.54) is 6.42 Å². The van der Waals surface area contributed by atoms with E-state index in [1.807, 2.05) is 11.8 Å². The van der Waals surface area contributed by atoms with Gasteiger partial charge < -0.3 is 10.2 Å². The van der Waals surface area contributed by atoms with E-state index in [9.17, 15) is 9.59 Å². The number of carbonyl (C=O) groups excluding carboxylic acids is 2. The third-order valence-corrected chi connectivity index (χ3v) is 5.57. The van der Waals surface area contributed by atoms with E-state index in [1.54, 1.807) is 4.90 Å². The lowest BCUT2D eigenvalue weighted by Gasteiger charge is -2.45. The van der Waals surface area contributed by atoms with Gasteiger partial charge in [-0.2, -0.15) is 11.8 Å². The van der Waals surface area contributed by atoms with Crippen LogP contribution >= 0.6 is 11.8 Å². The Morgan fingerprint density at radius 1 is 1.42 bits per heavy atom. The molecule has 2 rings (SSSR count).